The molecule has 1 aliphatic heterocycles. The van der Waals surface area contributed by atoms with Crippen LogP contribution in [0, 0.1) is 0 Å². The van der Waals surface area contributed by atoms with Gasteiger partial charge in [0.15, 0.2) is 0 Å². The van der Waals surface area contributed by atoms with Crippen LogP contribution < -0.4 is 5.56 Å². The van der Waals surface area contributed by atoms with Crippen molar-refractivity contribution in [1.82, 2.24) is 14.4 Å². The van der Waals surface area contributed by atoms with E-state index in [9.17, 15) is 9.59 Å². The van der Waals surface area contributed by atoms with Crippen molar-refractivity contribution >= 4 is 29.1 Å². The van der Waals surface area contributed by atoms with Crippen LogP contribution in [0.4, 0.5) is 0 Å². The lowest BCUT2D eigenvalue weighted by Gasteiger charge is -2.32. The number of nitrogens with zero attached hydrogens (tertiary/aromatic N) is 3. The molecule has 25 heavy (non-hydrogen) atoms. The van der Waals surface area contributed by atoms with Gasteiger partial charge in [-0.3, -0.25) is 9.59 Å². The van der Waals surface area contributed by atoms with Gasteiger partial charge in [-0.1, -0.05) is 35.3 Å². The van der Waals surface area contributed by atoms with Gasteiger partial charge in [0, 0.05) is 37.4 Å². The van der Waals surface area contributed by atoms with Gasteiger partial charge >= 0.3 is 0 Å². The molecule has 1 amide bonds. The van der Waals surface area contributed by atoms with Gasteiger partial charge in [-0.05, 0) is 30.8 Å². The molecule has 2 aromatic rings. The molecule has 0 spiro atoms. The van der Waals surface area contributed by atoms with E-state index in [1.807, 2.05) is 19.2 Å². The molecule has 0 bridgehead atoms. The quantitative estimate of drug-likeness (QED) is 0.823. The van der Waals surface area contributed by atoms with E-state index in [2.05, 4.69) is 4.90 Å². The summed E-state index contributed by atoms with van der Waals surface area (Å²) in [4.78, 5) is 29.0. The van der Waals surface area contributed by atoms with Crippen LogP contribution >= 0.6 is 23.2 Å². The number of pyridine rings is 1. The Balaban J connectivity index is 1.86. The van der Waals surface area contributed by atoms with Crippen molar-refractivity contribution in [1.29, 1.82) is 0 Å². The van der Waals surface area contributed by atoms with E-state index in [1.54, 1.807) is 23.2 Å². The van der Waals surface area contributed by atoms with Gasteiger partial charge in [0.25, 0.3) is 11.5 Å². The molecular formula is C18H19Cl2N3O2. The number of hydrogen-bond donors (Lipinski definition) is 0. The molecule has 2 heterocycles. The second-order valence-corrected chi connectivity index (χ2v) is 7.08. The molecule has 0 atom stereocenters. The number of aromatic nitrogens is 1. The van der Waals surface area contributed by atoms with Crippen LogP contribution in [0.2, 0.25) is 10.0 Å². The standard InChI is InChI=1S/C18H19Cl2N3O2/c1-21-6-8-22(9-7-21)17(24)14-10-16(20)18(25)23(12-14)11-13-2-4-15(19)5-3-13/h2-5,10,12H,6-9,11H2,1H3. The Bertz CT molecular complexity index is 825. The maximum Gasteiger partial charge on any atom is 0.269 e. The first-order valence-corrected chi connectivity index (χ1v) is 8.82. The summed E-state index contributed by atoms with van der Waals surface area (Å²) < 4.78 is 1.47. The van der Waals surface area contributed by atoms with Crippen molar-refractivity contribution < 1.29 is 4.79 Å². The number of carbonyl (C=O) groups excluding carboxylic acids is 1. The average Bonchev–Trinajstić information content (AvgIpc) is 2.60. The summed E-state index contributed by atoms with van der Waals surface area (Å²) in [5.41, 5.74) is 1.03. The summed E-state index contributed by atoms with van der Waals surface area (Å²) in [5, 5.41) is 0.682. The van der Waals surface area contributed by atoms with Gasteiger partial charge in [-0.25, -0.2) is 0 Å². The SMILES string of the molecule is CN1CCN(C(=O)c2cc(Cl)c(=O)n(Cc3ccc(Cl)cc3)c2)CC1. The molecule has 5 nitrogen and oxygen atoms in total. The fraction of sp³-hybridized carbons (Fsp3) is 0.333. The number of hydrogen-bond acceptors (Lipinski definition) is 3. The number of amides is 1. The molecule has 1 saturated heterocycles. The Morgan fingerprint density at radius 2 is 1.72 bits per heavy atom. The van der Waals surface area contributed by atoms with Crippen LogP contribution in [-0.4, -0.2) is 53.5 Å². The van der Waals surface area contributed by atoms with E-state index < -0.39 is 0 Å². The van der Waals surface area contributed by atoms with Gasteiger partial charge in [-0.2, -0.15) is 0 Å². The molecule has 0 radical (unpaired) electrons. The van der Waals surface area contributed by atoms with E-state index in [4.69, 9.17) is 23.2 Å². The number of benzene rings is 1. The number of halogens is 2. The zero-order valence-corrected chi connectivity index (χ0v) is 15.4. The molecule has 1 aromatic carbocycles. The highest BCUT2D eigenvalue weighted by Gasteiger charge is 2.21. The Morgan fingerprint density at radius 3 is 2.36 bits per heavy atom. The van der Waals surface area contributed by atoms with E-state index in [-0.39, 0.29) is 16.5 Å². The van der Waals surface area contributed by atoms with E-state index >= 15 is 0 Å². The zero-order valence-electron chi connectivity index (χ0n) is 13.9. The number of carbonyl (C=O) groups is 1. The van der Waals surface area contributed by atoms with E-state index in [0.29, 0.717) is 30.2 Å². The summed E-state index contributed by atoms with van der Waals surface area (Å²) in [6.07, 6.45) is 1.59. The third kappa shape index (κ3) is 4.24. The summed E-state index contributed by atoms with van der Waals surface area (Å²) in [5.74, 6) is -0.0974. The highest BCUT2D eigenvalue weighted by Crippen LogP contribution is 2.14. The Morgan fingerprint density at radius 1 is 1.08 bits per heavy atom. The Hall–Kier alpha value is -1.82. The van der Waals surface area contributed by atoms with Crippen molar-refractivity contribution in [2.75, 3.05) is 33.2 Å². The van der Waals surface area contributed by atoms with Gasteiger partial charge in [0.2, 0.25) is 0 Å². The van der Waals surface area contributed by atoms with E-state index in [0.717, 1.165) is 18.7 Å². The number of likely N-dealkylation sites (N-methyl/N-ethyl adjacent to an activating group) is 1. The van der Waals surface area contributed by atoms with Crippen molar-refractivity contribution in [3.8, 4) is 0 Å². The highest BCUT2D eigenvalue weighted by molar-refractivity contribution is 6.31. The van der Waals surface area contributed by atoms with Crippen LogP contribution in [0.5, 0.6) is 0 Å². The molecular weight excluding hydrogens is 361 g/mol. The maximum absolute atomic E-state index is 12.7. The second kappa shape index (κ2) is 7.60. The first-order chi connectivity index (χ1) is 11.9. The molecule has 1 aliphatic rings. The molecule has 0 N–H and O–H groups in total. The third-order valence-electron chi connectivity index (χ3n) is 4.35. The van der Waals surface area contributed by atoms with Gasteiger partial charge < -0.3 is 14.4 Å². The van der Waals surface area contributed by atoms with Crippen LogP contribution in [-0.2, 0) is 6.54 Å². The number of rotatable bonds is 3. The normalized spacial score (nSPS) is 15.4. The molecule has 0 unspecified atom stereocenters. The van der Waals surface area contributed by atoms with Crippen LogP contribution in [0.3, 0.4) is 0 Å². The smallest absolute Gasteiger partial charge is 0.269 e. The molecule has 0 aliphatic carbocycles. The minimum Gasteiger partial charge on any atom is -0.336 e. The van der Waals surface area contributed by atoms with Crippen LogP contribution in [0.15, 0.2) is 41.3 Å². The van der Waals surface area contributed by atoms with Crippen LogP contribution in [0.1, 0.15) is 15.9 Å². The lowest BCUT2D eigenvalue weighted by molar-refractivity contribution is 0.0663. The third-order valence-corrected chi connectivity index (χ3v) is 4.87. The van der Waals surface area contributed by atoms with Gasteiger partial charge in [0.1, 0.15) is 5.02 Å². The molecule has 0 saturated carbocycles. The second-order valence-electron chi connectivity index (χ2n) is 6.23. The fourth-order valence-electron chi connectivity index (χ4n) is 2.81. The Kier molecular flexibility index (Phi) is 5.47. The number of piperazine rings is 1. The van der Waals surface area contributed by atoms with Gasteiger partial charge in [-0.15, -0.1) is 0 Å². The lowest BCUT2D eigenvalue weighted by atomic mass is 10.2. The fourth-order valence-corrected chi connectivity index (χ4v) is 3.16. The minimum atomic E-state index is -0.313. The zero-order chi connectivity index (χ0) is 18.0. The predicted octanol–water partition coefficient (Wildman–Crippen LogP) is 2.59. The first kappa shape index (κ1) is 18.0. The van der Waals surface area contributed by atoms with Crippen molar-refractivity contribution in [3.05, 3.63) is 68.1 Å². The largest absolute Gasteiger partial charge is 0.336 e. The first-order valence-electron chi connectivity index (χ1n) is 8.06. The molecule has 132 valence electrons. The minimum absolute atomic E-state index is 0.0499. The van der Waals surface area contributed by atoms with Crippen molar-refractivity contribution in [3.63, 3.8) is 0 Å². The summed E-state index contributed by atoms with van der Waals surface area (Å²) in [7, 11) is 2.03. The van der Waals surface area contributed by atoms with Gasteiger partial charge in [0.05, 0.1) is 12.1 Å². The predicted molar refractivity (Wildman–Crippen MR) is 99.7 cm³/mol. The van der Waals surface area contributed by atoms with Crippen molar-refractivity contribution in [2.45, 2.75) is 6.54 Å². The molecule has 1 fully saturated rings. The highest BCUT2D eigenvalue weighted by atomic mass is 35.5. The lowest BCUT2D eigenvalue weighted by Crippen LogP contribution is -2.47. The van der Waals surface area contributed by atoms with Crippen LogP contribution in [0.25, 0.3) is 0 Å². The monoisotopic (exact) mass is 379 g/mol. The molecule has 3 rings (SSSR count). The molecule has 7 heteroatoms. The summed E-state index contributed by atoms with van der Waals surface area (Å²) in [6, 6.07) is 8.68. The summed E-state index contributed by atoms with van der Waals surface area (Å²) in [6.45, 7) is 3.35. The Labute approximate surface area is 156 Å². The average molecular weight is 380 g/mol. The van der Waals surface area contributed by atoms with E-state index in [1.165, 1.54) is 10.6 Å². The van der Waals surface area contributed by atoms with Crippen molar-refractivity contribution in [2.24, 2.45) is 0 Å². The molecule has 1 aromatic heterocycles. The maximum atomic E-state index is 12.7. The summed E-state index contributed by atoms with van der Waals surface area (Å²) >= 11 is 12.0. The topological polar surface area (TPSA) is 45.6 Å².